The summed E-state index contributed by atoms with van der Waals surface area (Å²) in [5.74, 6) is -1.42. The number of halogens is 1. The first-order valence-electron chi connectivity index (χ1n) is 10.00. The maximum Gasteiger partial charge on any atom is 0.259 e. The summed E-state index contributed by atoms with van der Waals surface area (Å²) in [5, 5.41) is 16.2. The van der Waals surface area contributed by atoms with Crippen molar-refractivity contribution in [3.8, 4) is 6.07 Å². The van der Waals surface area contributed by atoms with E-state index in [0.717, 1.165) is 6.42 Å². The predicted octanol–water partition coefficient (Wildman–Crippen LogP) is 2.77. The third-order valence-electron chi connectivity index (χ3n) is 6.16. The van der Waals surface area contributed by atoms with Crippen LogP contribution >= 0.6 is 12.2 Å². The van der Waals surface area contributed by atoms with E-state index in [4.69, 9.17) is 12.2 Å². The van der Waals surface area contributed by atoms with Gasteiger partial charge in [-0.25, -0.2) is 8.91 Å². The van der Waals surface area contributed by atoms with Crippen molar-refractivity contribution in [2.45, 2.75) is 24.8 Å². The number of anilines is 2. The number of hydrogen-bond acceptors (Lipinski definition) is 5. The molecule has 160 valence electrons. The van der Waals surface area contributed by atoms with Crippen molar-refractivity contribution in [3.05, 3.63) is 59.7 Å². The molecule has 2 aliphatic rings. The molecule has 1 spiro atoms. The Morgan fingerprint density at radius 3 is 2.69 bits per heavy atom. The number of amides is 2. The number of nitrogens with one attached hydrogen (secondary N) is 1. The van der Waals surface area contributed by atoms with Crippen molar-refractivity contribution in [2.75, 3.05) is 16.8 Å². The number of aromatic nitrogens is 2. The van der Waals surface area contributed by atoms with Gasteiger partial charge in [-0.2, -0.15) is 10.4 Å². The molecule has 8 nitrogen and oxygen atoms in total. The number of rotatable bonds is 3. The molecule has 0 unspecified atom stereocenters. The van der Waals surface area contributed by atoms with E-state index in [9.17, 15) is 19.2 Å². The van der Waals surface area contributed by atoms with Crippen LogP contribution in [0.25, 0.3) is 5.52 Å². The molecule has 1 saturated carbocycles. The molecule has 0 bridgehead atoms. The monoisotopic (exact) mass is 448 g/mol. The largest absolute Gasteiger partial charge is 0.355 e. The molecule has 2 aromatic heterocycles. The maximum absolute atomic E-state index is 14.7. The molecular formula is C22H17FN6O2S. The first-order valence-corrected chi connectivity index (χ1v) is 10.4. The minimum absolute atomic E-state index is 0.0831. The van der Waals surface area contributed by atoms with Crippen molar-refractivity contribution >= 4 is 46.0 Å². The Morgan fingerprint density at radius 1 is 1.28 bits per heavy atom. The third-order valence-corrected chi connectivity index (χ3v) is 6.53. The van der Waals surface area contributed by atoms with Crippen LogP contribution in [0.5, 0.6) is 0 Å². The van der Waals surface area contributed by atoms with Crippen LogP contribution in [0, 0.1) is 17.1 Å². The lowest BCUT2D eigenvalue weighted by atomic mass is 9.75. The highest BCUT2D eigenvalue weighted by Gasteiger charge is 2.59. The predicted molar refractivity (Wildman–Crippen MR) is 119 cm³/mol. The van der Waals surface area contributed by atoms with Crippen LogP contribution in [-0.4, -0.2) is 39.1 Å². The molecule has 10 heteroatoms. The molecule has 1 aliphatic heterocycles. The van der Waals surface area contributed by atoms with E-state index in [1.54, 1.807) is 35.4 Å². The number of hydrogen-bond donors (Lipinski definition) is 1. The van der Waals surface area contributed by atoms with E-state index in [1.165, 1.54) is 28.6 Å². The number of thiocarbonyl (C=S) groups is 1. The van der Waals surface area contributed by atoms with Crippen molar-refractivity contribution in [1.82, 2.24) is 14.9 Å². The van der Waals surface area contributed by atoms with Gasteiger partial charge in [0.25, 0.3) is 11.8 Å². The second-order valence-electron chi connectivity index (χ2n) is 7.73. The van der Waals surface area contributed by atoms with Gasteiger partial charge in [0, 0.05) is 12.7 Å². The van der Waals surface area contributed by atoms with Gasteiger partial charge in [0.05, 0.1) is 23.0 Å². The van der Waals surface area contributed by atoms with Crippen LogP contribution in [0.3, 0.4) is 0 Å². The molecule has 0 radical (unpaired) electrons. The number of benzene rings is 1. The summed E-state index contributed by atoms with van der Waals surface area (Å²) in [4.78, 5) is 28.7. The number of carbonyl (C=O) groups excluding carboxylic acids is 2. The number of fused-ring (bicyclic) bond motifs is 1. The lowest BCUT2D eigenvalue weighted by molar-refractivity contribution is -0.123. The second-order valence-corrected chi connectivity index (χ2v) is 8.10. The fourth-order valence-corrected chi connectivity index (χ4v) is 4.89. The molecule has 3 aromatic rings. The zero-order valence-electron chi connectivity index (χ0n) is 17.0. The van der Waals surface area contributed by atoms with Crippen LogP contribution in [0.4, 0.5) is 15.8 Å². The Bertz CT molecular complexity index is 1360. The van der Waals surface area contributed by atoms with Gasteiger partial charge in [0.15, 0.2) is 5.11 Å². The van der Waals surface area contributed by atoms with Crippen LogP contribution < -0.4 is 15.1 Å². The van der Waals surface area contributed by atoms with E-state index < -0.39 is 17.3 Å². The van der Waals surface area contributed by atoms with Gasteiger partial charge >= 0.3 is 0 Å². The molecule has 3 heterocycles. The Kier molecular flexibility index (Phi) is 4.46. The SMILES string of the molecule is CNC(=O)c1ccc(N2C(=S)N(c3ccc(C#N)n4nccc34)C(=O)C23CCC3)cc1F. The number of nitrogens with zero attached hydrogens (tertiary/aromatic N) is 5. The first kappa shape index (κ1) is 20.1. The summed E-state index contributed by atoms with van der Waals surface area (Å²) in [7, 11) is 1.43. The summed E-state index contributed by atoms with van der Waals surface area (Å²) >= 11 is 5.74. The Labute approximate surface area is 187 Å². The lowest BCUT2D eigenvalue weighted by Crippen LogP contribution is -2.55. The highest BCUT2D eigenvalue weighted by molar-refractivity contribution is 7.81. The Hall–Kier alpha value is -3.84. The van der Waals surface area contributed by atoms with Crippen molar-refractivity contribution in [3.63, 3.8) is 0 Å². The van der Waals surface area contributed by atoms with Gasteiger partial charge < -0.3 is 10.2 Å². The normalized spacial score (nSPS) is 17.0. The first-order chi connectivity index (χ1) is 15.4. The zero-order chi connectivity index (χ0) is 22.6. The van der Waals surface area contributed by atoms with Gasteiger partial charge in [-0.05, 0) is 67.9 Å². The van der Waals surface area contributed by atoms with Crippen molar-refractivity contribution in [2.24, 2.45) is 0 Å². The molecule has 1 aliphatic carbocycles. The van der Waals surface area contributed by atoms with Gasteiger partial charge in [-0.1, -0.05) is 0 Å². The van der Waals surface area contributed by atoms with Crippen molar-refractivity contribution in [1.29, 1.82) is 5.26 Å². The summed E-state index contributed by atoms with van der Waals surface area (Å²) in [6, 6.07) is 11.3. The van der Waals surface area contributed by atoms with E-state index >= 15 is 0 Å². The smallest absolute Gasteiger partial charge is 0.259 e. The minimum Gasteiger partial charge on any atom is -0.355 e. The molecule has 2 fully saturated rings. The topological polar surface area (TPSA) is 93.7 Å². The fourth-order valence-electron chi connectivity index (χ4n) is 4.43. The van der Waals surface area contributed by atoms with Gasteiger partial charge in [0.1, 0.15) is 23.1 Å². The molecule has 1 N–H and O–H groups in total. The second kappa shape index (κ2) is 7.10. The zero-order valence-corrected chi connectivity index (χ0v) is 17.8. The van der Waals surface area contributed by atoms with E-state index in [1.807, 2.05) is 0 Å². The van der Waals surface area contributed by atoms with Crippen LogP contribution in [0.15, 0.2) is 42.6 Å². The number of carbonyl (C=O) groups is 2. The van der Waals surface area contributed by atoms with E-state index in [0.29, 0.717) is 35.4 Å². The Morgan fingerprint density at radius 2 is 2.06 bits per heavy atom. The molecule has 1 aromatic carbocycles. The summed E-state index contributed by atoms with van der Waals surface area (Å²) < 4.78 is 16.2. The average molecular weight is 448 g/mol. The molecule has 0 atom stereocenters. The highest BCUT2D eigenvalue weighted by Crippen LogP contribution is 2.48. The molecule has 5 rings (SSSR count). The number of pyridine rings is 1. The summed E-state index contributed by atoms with van der Waals surface area (Å²) in [6.07, 6.45) is 3.54. The molecular weight excluding hydrogens is 431 g/mol. The standard InChI is InChI=1S/C22H17FN6O2S/c1-25-19(30)15-5-3-13(11-16(15)23)28-21(32)27(20(31)22(28)8-2-9-22)17-6-4-14(12-24)29-18(17)7-10-26-29/h3-7,10-11H,2,8-9H2,1H3,(H,25,30). The van der Waals surface area contributed by atoms with E-state index in [-0.39, 0.29) is 16.6 Å². The van der Waals surface area contributed by atoms with Crippen LogP contribution in [-0.2, 0) is 4.79 Å². The summed E-state index contributed by atoms with van der Waals surface area (Å²) in [6.45, 7) is 0. The third kappa shape index (κ3) is 2.58. The maximum atomic E-state index is 14.7. The highest BCUT2D eigenvalue weighted by atomic mass is 32.1. The van der Waals surface area contributed by atoms with Gasteiger partial charge in [0.2, 0.25) is 0 Å². The van der Waals surface area contributed by atoms with Crippen LogP contribution in [0.1, 0.15) is 35.3 Å². The lowest BCUT2D eigenvalue weighted by Gasteiger charge is -2.43. The van der Waals surface area contributed by atoms with E-state index in [2.05, 4.69) is 16.5 Å². The summed E-state index contributed by atoms with van der Waals surface area (Å²) in [5.41, 5.74) is 0.829. The minimum atomic E-state index is -0.900. The fraction of sp³-hybridized carbons (Fsp3) is 0.227. The molecule has 32 heavy (non-hydrogen) atoms. The van der Waals surface area contributed by atoms with Crippen molar-refractivity contribution < 1.29 is 14.0 Å². The number of nitriles is 1. The quantitative estimate of drug-likeness (QED) is 0.620. The molecule has 1 saturated heterocycles. The average Bonchev–Trinajstić information content (AvgIpc) is 3.33. The van der Waals surface area contributed by atoms with Gasteiger partial charge in [-0.15, -0.1) is 0 Å². The molecule has 2 amide bonds. The van der Waals surface area contributed by atoms with Crippen LogP contribution in [0.2, 0.25) is 0 Å². The van der Waals surface area contributed by atoms with Gasteiger partial charge in [-0.3, -0.25) is 14.5 Å². The Balaban J connectivity index is 1.63.